The molecule has 2 aliphatic carbocycles. The number of carboxylic acids is 1. The number of carbonyl (C=O) groups excluding carboxylic acids is 1. The van der Waals surface area contributed by atoms with E-state index < -0.39 is 12.1 Å². The van der Waals surface area contributed by atoms with Crippen LogP contribution in [0.15, 0.2) is 12.3 Å². The minimum atomic E-state index is -5.08. The summed E-state index contributed by atoms with van der Waals surface area (Å²) in [5.41, 5.74) is 2.92. The smallest absolute Gasteiger partial charge is 0.475 e. The summed E-state index contributed by atoms with van der Waals surface area (Å²) in [5.74, 6) is -1.17. The molecule has 3 aliphatic rings. The molecule has 1 saturated carbocycles. The third kappa shape index (κ3) is 6.59. The van der Waals surface area contributed by atoms with Gasteiger partial charge >= 0.3 is 18.2 Å². The Morgan fingerprint density at radius 1 is 1.24 bits per heavy atom. The summed E-state index contributed by atoms with van der Waals surface area (Å²) >= 11 is 0. The van der Waals surface area contributed by atoms with Crippen LogP contribution in [-0.2, 0) is 20.7 Å². The number of amides is 1. The molecule has 0 aromatic carbocycles. The quantitative estimate of drug-likeness (QED) is 0.568. The second kappa shape index (κ2) is 12.1. The van der Waals surface area contributed by atoms with E-state index >= 15 is 0 Å². The number of carbonyl (C=O) groups is 2. The molecule has 5 rings (SSSR count). The van der Waals surface area contributed by atoms with Gasteiger partial charge in [-0.25, -0.2) is 9.59 Å². The maximum Gasteiger partial charge on any atom is 0.490 e. The third-order valence-electron chi connectivity index (χ3n) is 7.00. The number of carboxylic acid groups (broad SMARTS) is 1. The number of morpholine rings is 1. The van der Waals surface area contributed by atoms with Gasteiger partial charge in [-0.15, -0.1) is 10.2 Å². The van der Waals surface area contributed by atoms with E-state index in [1.165, 1.54) is 0 Å². The Kier molecular flexibility index (Phi) is 8.82. The van der Waals surface area contributed by atoms with Crippen molar-refractivity contribution < 1.29 is 37.3 Å². The number of alkyl carbamates (subject to hydrolysis) is 1. The first-order chi connectivity index (χ1) is 18.2. The van der Waals surface area contributed by atoms with E-state index in [1.807, 2.05) is 0 Å². The van der Waals surface area contributed by atoms with Crippen LogP contribution in [0.4, 0.5) is 18.0 Å². The minimum Gasteiger partial charge on any atom is -0.475 e. The van der Waals surface area contributed by atoms with Gasteiger partial charge in [-0.05, 0) is 24.8 Å². The van der Waals surface area contributed by atoms with Gasteiger partial charge in [-0.3, -0.25) is 14.3 Å². The molecule has 3 atom stereocenters. The van der Waals surface area contributed by atoms with Crippen LogP contribution < -0.4 is 5.32 Å². The van der Waals surface area contributed by atoms with Crippen LogP contribution in [-0.4, -0.2) is 93.3 Å². The molecule has 0 unspecified atom stereocenters. The highest BCUT2D eigenvalue weighted by Crippen LogP contribution is 2.42. The van der Waals surface area contributed by atoms with Crippen LogP contribution in [0.1, 0.15) is 49.3 Å². The maximum absolute atomic E-state index is 12.4. The number of hydrogen-bond donors (Lipinski definition) is 2. The molecule has 208 valence electrons. The van der Waals surface area contributed by atoms with Gasteiger partial charge in [0.25, 0.3) is 0 Å². The van der Waals surface area contributed by atoms with Crippen molar-refractivity contribution in [2.24, 2.45) is 5.92 Å². The maximum atomic E-state index is 12.4. The molecule has 0 spiro atoms. The molecule has 1 amide bonds. The number of nitrogens with zero attached hydrogens (tertiary/aromatic N) is 5. The summed E-state index contributed by atoms with van der Waals surface area (Å²) in [5, 5.41) is 18.9. The molecule has 38 heavy (non-hydrogen) atoms. The predicted octanol–water partition coefficient (Wildman–Crippen LogP) is 2.66. The summed E-state index contributed by atoms with van der Waals surface area (Å²) in [6.07, 6.45) is 4.02. The Morgan fingerprint density at radius 3 is 2.66 bits per heavy atom. The molecule has 0 radical (unpaired) electrons. The number of aliphatic carboxylic acids is 1. The molecule has 1 aliphatic heterocycles. The number of allylic oxidation sites excluding steroid dienone is 1. The SMILES string of the molecule is CC[C@@H]1C[C@H](OC(=O)NCCN2CCOCC2)C[C@@H]1c1nnc2cnc3c(n12)C=CC3.O=C(O)C(F)(F)F. The van der Waals surface area contributed by atoms with Gasteiger partial charge in [0.1, 0.15) is 11.9 Å². The normalized spacial score (nSPS) is 23.1. The number of ether oxygens (including phenoxy) is 2. The van der Waals surface area contributed by atoms with E-state index in [0.29, 0.717) is 12.5 Å². The zero-order chi connectivity index (χ0) is 27.3. The van der Waals surface area contributed by atoms with Crippen LogP contribution in [0.5, 0.6) is 0 Å². The van der Waals surface area contributed by atoms with Crippen molar-refractivity contribution in [1.29, 1.82) is 0 Å². The van der Waals surface area contributed by atoms with E-state index in [-0.39, 0.29) is 18.1 Å². The summed E-state index contributed by atoms with van der Waals surface area (Å²) < 4.78 is 45.0. The van der Waals surface area contributed by atoms with Gasteiger partial charge in [0, 0.05) is 38.5 Å². The third-order valence-corrected chi connectivity index (χ3v) is 7.00. The zero-order valence-electron chi connectivity index (χ0n) is 21.0. The fourth-order valence-corrected chi connectivity index (χ4v) is 5.09. The van der Waals surface area contributed by atoms with Gasteiger partial charge < -0.3 is 19.9 Å². The summed E-state index contributed by atoms with van der Waals surface area (Å²) in [4.78, 5) is 28.1. The van der Waals surface area contributed by atoms with Crippen molar-refractivity contribution in [3.63, 3.8) is 0 Å². The number of halogens is 3. The number of alkyl halides is 3. The molecule has 11 nitrogen and oxygen atoms in total. The van der Waals surface area contributed by atoms with Gasteiger partial charge in [0.15, 0.2) is 5.65 Å². The first-order valence-corrected chi connectivity index (χ1v) is 12.6. The van der Waals surface area contributed by atoms with Crippen molar-refractivity contribution >= 4 is 23.8 Å². The number of hydrogen-bond acceptors (Lipinski definition) is 8. The van der Waals surface area contributed by atoms with Gasteiger partial charge in [-0.1, -0.05) is 19.4 Å². The Labute approximate surface area is 217 Å². The van der Waals surface area contributed by atoms with E-state index in [9.17, 15) is 18.0 Å². The van der Waals surface area contributed by atoms with Gasteiger partial charge in [-0.2, -0.15) is 13.2 Å². The lowest BCUT2D eigenvalue weighted by Crippen LogP contribution is -2.41. The molecular formula is C24H31F3N6O5. The van der Waals surface area contributed by atoms with Gasteiger partial charge in [0.2, 0.25) is 0 Å². The number of rotatable bonds is 6. The molecular weight excluding hydrogens is 509 g/mol. The highest BCUT2D eigenvalue weighted by Gasteiger charge is 2.39. The Balaban J connectivity index is 0.000000426. The lowest BCUT2D eigenvalue weighted by molar-refractivity contribution is -0.192. The average Bonchev–Trinajstić information content (AvgIpc) is 3.61. The van der Waals surface area contributed by atoms with E-state index in [4.69, 9.17) is 19.4 Å². The Morgan fingerprint density at radius 2 is 1.97 bits per heavy atom. The fraction of sp³-hybridized carbons (Fsp3) is 0.625. The second-order valence-electron chi connectivity index (χ2n) is 9.41. The predicted molar refractivity (Wildman–Crippen MR) is 128 cm³/mol. The topological polar surface area (TPSA) is 131 Å². The summed E-state index contributed by atoms with van der Waals surface area (Å²) in [6.45, 7) is 6.96. The number of aromatic nitrogens is 4. The summed E-state index contributed by atoms with van der Waals surface area (Å²) in [6, 6.07) is 0. The van der Waals surface area contributed by atoms with E-state index in [0.717, 1.165) is 81.4 Å². The molecule has 3 heterocycles. The van der Waals surface area contributed by atoms with Crippen LogP contribution in [0, 0.1) is 5.92 Å². The van der Waals surface area contributed by atoms with Crippen LogP contribution in [0.3, 0.4) is 0 Å². The lowest BCUT2D eigenvalue weighted by Gasteiger charge is -2.26. The second-order valence-corrected chi connectivity index (χ2v) is 9.41. The van der Waals surface area contributed by atoms with E-state index in [2.05, 4.69) is 48.9 Å². The first-order valence-electron chi connectivity index (χ1n) is 12.6. The van der Waals surface area contributed by atoms with Crippen LogP contribution in [0.2, 0.25) is 0 Å². The highest BCUT2D eigenvalue weighted by atomic mass is 19.4. The zero-order valence-corrected chi connectivity index (χ0v) is 21.0. The van der Waals surface area contributed by atoms with Crippen molar-refractivity contribution in [3.8, 4) is 0 Å². The first kappa shape index (κ1) is 27.8. The molecule has 2 N–H and O–H groups in total. The number of nitrogens with one attached hydrogen (secondary N) is 1. The monoisotopic (exact) mass is 540 g/mol. The van der Waals surface area contributed by atoms with Crippen molar-refractivity contribution in [3.05, 3.63) is 29.5 Å². The molecule has 0 bridgehead atoms. The van der Waals surface area contributed by atoms with E-state index in [1.54, 1.807) is 6.20 Å². The fourth-order valence-electron chi connectivity index (χ4n) is 5.09. The molecule has 2 aromatic rings. The Bertz CT molecular complexity index is 1160. The standard InChI is InChI=1S/C22H30N6O3.C2HF3O2/c1-2-15-12-16(31-22(29)23-6-7-27-8-10-30-11-9-27)13-17(15)21-26-25-20-14-24-18-4-3-5-19(18)28(20)21;3-2(4,5)1(6)7/h3,5,14-17H,2,4,6-13H2,1H3,(H,23,29);(H,6,7)/t15-,16+,17+;/m1./s1. The highest BCUT2D eigenvalue weighted by molar-refractivity contribution is 5.73. The molecule has 2 fully saturated rings. The summed E-state index contributed by atoms with van der Waals surface area (Å²) in [7, 11) is 0. The Hall–Kier alpha value is -3.26. The molecule has 1 saturated heterocycles. The van der Waals surface area contributed by atoms with Crippen molar-refractivity contribution in [2.45, 2.75) is 50.8 Å². The van der Waals surface area contributed by atoms with Crippen molar-refractivity contribution in [1.82, 2.24) is 29.8 Å². The molecule has 2 aromatic heterocycles. The van der Waals surface area contributed by atoms with Crippen LogP contribution >= 0.6 is 0 Å². The minimum absolute atomic E-state index is 0.101. The van der Waals surface area contributed by atoms with Crippen LogP contribution in [0.25, 0.3) is 11.7 Å². The average molecular weight is 541 g/mol. The lowest BCUT2D eigenvalue weighted by atomic mass is 9.93. The van der Waals surface area contributed by atoms with Gasteiger partial charge in [0.05, 0.1) is 30.8 Å². The number of fused-ring (bicyclic) bond motifs is 3. The molecule has 14 heteroatoms. The largest absolute Gasteiger partial charge is 0.490 e. The van der Waals surface area contributed by atoms with Crippen molar-refractivity contribution in [2.75, 3.05) is 39.4 Å².